The summed E-state index contributed by atoms with van der Waals surface area (Å²) < 4.78 is 0. The Morgan fingerprint density at radius 1 is 1.06 bits per heavy atom. The lowest BCUT2D eigenvalue weighted by molar-refractivity contribution is -0.141. The van der Waals surface area contributed by atoms with E-state index in [1.165, 1.54) is 12.0 Å². The van der Waals surface area contributed by atoms with Crippen molar-refractivity contribution >= 4 is 11.8 Å². The molecule has 194 valence electrons. The van der Waals surface area contributed by atoms with Crippen LogP contribution in [0.15, 0.2) is 30.3 Å². The second-order valence-corrected chi connectivity index (χ2v) is 11.3. The molecule has 2 aliphatic heterocycles. The monoisotopic (exact) mass is 482 g/mol. The molecule has 0 unspecified atom stereocenters. The molecule has 6 heteroatoms. The molecule has 0 radical (unpaired) electrons. The highest BCUT2D eigenvalue weighted by molar-refractivity contribution is 5.92. The molecule has 1 aliphatic carbocycles. The van der Waals surface area contributed by atoms with Crippen LogP contribution in [0.5, 0.6) is 0 Å². The Bertz CT molecular complexity index is 834. The molecule has 0 bridgehead atoms. The molecule has 1 aromatic rings. The van der Waals surface area contributed by atoms with E-state index in [1.807, 2.05) is 20.9 Å². The first-order chi connectivity index (χ1) is 16.9. The molecular formula is C29H46N4O2. The number of benzene rings is 1. The maximum atomic E-state index is 14.1. The summed E-state index contributed by atoms with van der Waals surface area (Å²) in [6.45, 7) is 7.90. The van der Waals surface area contributed by atoms with Gasteiger partial charge < -0.3 is 20.4 Å². The molecule has 1 saturated carbocycles. The Morgan fingerprint density at radius 3 is 2.46 bits per heavy atom. The van der Waals surface area contributed by atoms with Crippen LogP contribution in [0.4, 0.5) is 0 Å². The van der Waals surface area contributed by atoms with E-state index >= 15 is 0 Å². The fourth-order valence-corrected chi connectivity index (χ4v) is 6.39. The van der Waals surface area contributed by atoms with Crippen molar-refractivity contribution in [3.05, 3.63) is 35.9 Å². The largest absolute Gasteiger partial charge is 0.342 e. The van der Waals surface area contributed by atoms with Crippen LogP contribution >= 0.6 is 0 Å². The van der Waals surface area contributed by atoms with E-state index in [2.05, 4.69) is 50.8 Å². The van der Waals surface area contributed by atoms with Gasteiger partial charge in [-0.15, -0.1) is 0 Å². The van der Waals surface area contributed by atoms with Gasteiger partial charge in [0.1, 0.15) is 6.04 Å². The van der Waals surface area contributed by atoms with Gasteiger partial charge in [0.2, 0.25) is 11.8 Å². The minimum absolute atomic E-state index is 0.0460. The van der Waals surface area contributed by atoms with Crippen molar-refractivity contribution in [3.8, 4) is 0 Å². The van der Waals surface area contributed by atoms with E-state index in [0.717, 1.165) is 71.1 Å². The van der Waals surface area contributed by atoms with Gasteiger partial charge in [0, 0.05) is 25.7 Å². The van der Waals surface area contributed by atoms with Crippen LogP contribution < -0.4 is 10.6 Å². The van der Waals surface area contributed by atoms with Crippen LogP contribution in [0.2, 0.25) is 0 Å². The van der Waals surface area contributed by atoms with Crippen molar-refractivity contribution in [2.75, 3.05) is 33.2 Å². The molecule has 4 rings (SSSR count). The lowest BCUT2D eigenvalue weighted by Crippen LogP contribution is -2.61. The fraction of sp³-hybridized carbons (Fsp3) is 0.724. The first kappa shape index (κ1) is 26.2. The second kappa shape index (κ2) is 11.9. The number of nitrogens with zero attached hydrogens (tertiary/aromatic N) is 2. The molecule has 0 aromatic heterocycles. The number of carbonyl (C=O) groups is 2. The van der Waals surface area contributed by atoms with Gasteiger partial charge in [-0.1, -0.05) is 56.5 Å². The van der Waals surface area contributed by atoms with Gasteiger partial charge in [-0.05, 0) is 76.4 Å². The van der Waals surface area contributed by atoms with Gasteiger partial charge in [0.25, 0.3) is 0 Å². The summed E-state index contributed by atoms with van der Waals surface area (Å²) in [7, 11) is 1.83. The average Bonchev–Trinajstić information content (AvgIpc) is 3.34. The number of likely N-dealkylation sites (N-methyl/N-ethyl adjacent to an activating group) is 1. The van der Waals surface area contributed by atoms with Crippen molar-refractivity contribution in [1.82, 2.24) is 20.4 Å². The normalized spacial score (nSPS) is 26.1. The Labute approximate surface area is 212 Å². The molecule has 2 amide bonds. The maximum Gasteiger partial charge on any atom is 0.245 e. The van der Waals surface area contributed by atoms with Crippen LogP contribution in [0.1, 0.15) is 70.8 Å². The second-order valence-electron chi connectivity index (χ2n) is 11.3. The Balaban J connectivity index is 1.45. The molecule has 3 aliphatic rings. The molecule has 2 heterocycles. The van der Waals surface area contributed by atoms with E-state index in [9.17, 15) is 9.59 Å². The summed E-state index contributed by atoms with van der Waals surface area (Å²) in [5.74, 6) is 0.954. The van der Waals surface area contributed by atoms with Gasteiger partial charge in [0.05, 0.1) is 5.54 Å². The number of amides is 2. The number of likely N-dealkylation sites (tertiary alicyclic amines) is 2. The quantitative estimate of drug-likeness (QED) is 0.564. The van der Waals surface area contributed by atoms with Crippen LogP contribution in [0, 0.1) is 11.8 Å². The summed E-state index contributed by atoms with van der Waals surface area (Å²) in [4.78, 5) is 32.1. The van der Waals surface area contributed by atoms with Crippen molar-refractivity contribution < 1.29 is 9.59 Å². The van der Waals surface area contributed by atoms with Gasteiger partial charge in [-0.25, -0.2) is 0 Å². The van der Waals surface area contributed by atoms with Crippen molar-refractivity contribution in [3.63, 3.8) is 0 Å². The number of fused-ring (bicyclic) bond motifs is 1. The summed E-state index contributed by atoms with van der Waals surface area (Å²) in [5.41, 5.74) is 0.720. The molecule has 2 saturated heterocycles. The summed E-state index contributed by atoms with van der Waals surface area (Å²) in [6.07, 6.45) is 9.60. The Morgan fingerprint density at radius 2 is 1.77 bits per heavy atom. The number of rotatable bonds is 9. The first-order valence-electron chi connectivity index (χ1n) is 14.0. The third-order valence-electron chi connectivity index (χ3n) is 9.22. The summed E-state index contributed by atoms with van der Waals surface area (Å²) in [5, 5.41) is 6.43. The molecule has 4 atom stereocenters. The molecular weight excluding hydrogens is 436 g/mol. The zero-order valence-electron chi connectivity index (χ0n) is 22.1. The third kappa shape index (κ3) is 6.08. The van der Waals surface area contributed by atoms with Gasteiger partial charge in [-0.2, -0.15) is 0 Å². The zero-order valence-corrected chi connectivity index (χ0v) is 22.1. The Kier molecular flexibility index (Phi) is 8.87. The molecule has 3 fully saturated rings. The van der Waals surface area contributed by atoms with Gasteiger partial charge in [0.15, 0.2) is 0 Å². The van der Waals surface area contributed by atoms with E-state index in [1.54, 1.807) is 0 Å². The Hall–Kier alpha value is -1.92. The molecule has 6 nitrogen and oxygen atoms in total. The lowest BCUT2D eigenvalue weighted by Gasteiger charge is -2.41. The molecule has 1 aromatic carbocycles. The van der Waals surface area contributed by atoms with E-state index in [-0.39, 0.29) is 23.8 Å². The summed E-state index contributed by atoms with van der Waals surface area (Å²) in [6, 6.07) is 10.6. The number of carbonyl (C=O) groups excluding carboxylic acids is 2. The average molecular weight is 483 g/mol. The highest BCUT2D eigenvalue weighted by Crippen LogP contribution is 2.34. The molecule has 2 N–H and O–H groups in total. The number of hydrogen-bond donors (Lipinski definition) is 2. The van der Waals surface area contributed by atoms with Crippen molar-refractivity contribution in [2.24, 2.45) is 11.8 Å². The third-order valence-corrected chi connectivity index (χ3v) is 9.22. The SMILES string of the molecule is CC[C@](C)(NC)C(=O)N[C@H](C(=O)N1CC[C@H]2CCN(CCc3ccccc3)C[C@H]21)C1CCCCC1. The van der Waals surface area contributed by atoms with Crippen LogP contribution in [-0.2, 0) is 16.0 Å². The van der Waals surface area contributed by atoms with Crippen LogP contribution in [0.3, 0.4) is 0 Å². The predicted octanol–water partition coefficient (Wildman–Crippen LogP) is 3.61. The number of piperidine rings is 1. The zero-order chi connectivity index (χ0) is 24.8. The van der Waals surface area contributed by atoms with Crippen LogP contribution in [-0.4, -0.2) is 72.5 Å². The minimum atomic E-state index is -0.653. The standard InChI is InChI=1S/C29H46N4O2/c1-4-29(2,30-3)28(35)31-26(24-13-9-6-10-14-24)27(34)33-20-17-23-16-19-32(21-25(23)33)18-15-22-11-7-5-8-12-22/h5,7-8,11-12,23-26,30H,4,6,9-10,13-21H2,1-3H3,(H,31,35)/t23-,25-,26+,29+/m1/s1. The molecule has 0 spiro atoms. The lowest BCUT2D eigenvalue weighted by atomic mass is 9.82. The highest BCUT2D eigenvalue weighted by atomic mass is 16.2. The summed E-state index contributed by atoms with van der Waals surface area (Å²) >= 11 is 0. The van der Waals surface area contributed by atoms with Crippen molar-refractivity contribution in [1.29, 1.82) is 0 Å². The topological polar surface area (TPSA) is 64.7 Å². The fourth-order valence-electron chi connectivity index (χ4n) is 6.39. The first-order valence-corrected chi connectivity index (χ1v) is 14.0. The predicted molar refractivity (Wildman–Crippen MR) is 141 cm³/mol. The highest BCUT2D eigenvalue weighted by Gasteiger charge is 2.45. The van der Waals surface area contributed by atoms with Gasteiger partial charge in [-0.3, -0.25) is 9.59 Å². The van der Waals surface area contributed by atoms with Gasteiger partial charge >= 0.3 is 0 Å². The minimum Gasteiger partial charge on any atom is -0.342 e. The van der Waals surface area contributed by atoms with Crippen LogP contribution in [0.25, 0.3) is 0 Å². The van der Waals surface area contributed by atoms with E-state index < -0.39 is 11.6 Å². The number of hydrogen-bond acceptors (Lipinski definition) is 4. The molecule has 35 heavy (non-hydrogen) atoms. The maximum absolute atomic E-state index is 14.1. The van der Waals surface area contributed by atoms with Crippen molar-refractivity contribution in [2.45, 2.75) is 89.3 Å². The number of nitrogens with one attached hydrogen (secondary N) is 2. The smallest absolute Gasteiger partial charge is 0.245 e. The van der Waals surface area contributed by atoms with E-state index in [0.29, 0.717) is 12.3 Å². The van der Waals surface area contributed by atoms with E-state index in [4.69, 9.17) is 0 Å².